The van der Waals surface area contributed by atoms with Crippen molar-refractivity contribution in [1.29, 1.82) is 0 Å². The number of thiazole rings is 1. The molecule has 2 aromatic rings. The number of ether oxygens (including phenoxy) is 1. The average Bonchev–Trinajstić information content (AvgIpc) is 2.95. The second-order valence-electron chi connectivity index (χ2n) is 5.50. The molecule has 1 aromatic carbocycles. The van der Waals surface area contributed by atoms with Crippen LogP contribution >= 0.6 is 11.3 Å². The summed E-state index contributed by atoms with van der Waals surface area (Å²) in [6.07, 6.45) is 0. The average molecular weight is 304 g/mol. The van der Waals surface area contributed by atoms with Crippen molar-refractivity contribution in [2.45, 2.75) is 32.7 Å². The first kappa shape index (κ1) is 16.1. The Kier molecular flexibility index (Phi) is 5.91. The molecule has 21 heavy (non-hydrogen) atoms. The highest BCUT2D eigenvalue weighted by Crippen LogP contribution is 2.29. The molecule has 0 spiro atoms. The van der Waals surface area contributed by atoms with E-state index in [1.807, 2.05) is 0 Å². The van der Waals surface area contributed by atoms with Gasteiger partial charge in [0.15, 0.2) is 0 Å². The first-order valence-corrected chi connectivity index (χ1v) is 8.24. The molecule has 3 nitrogen and oxygen atoms in total. The summed E-state index contributed by atoms with van der Waals surface area (Å²) in [5, 5.41) is 6.87. The Labute approximate surface area is 131 Å². The molecule has 114 valence electrons. The van der Waals surface area contributed by atoms with E-state index in [1.54, 1.807) is 18.4 Å². The molecule has 0 amide bonds. The Balaban J connectivity index is 2.28. The Morgan fingerprint density at radius 1 is 1.29 bits per heavy atom. The van der Waals surface area contributed by atoms with Crippen LogP contribution in [-0.4, -0.2) is 25.2 Å². The molecule has 0 aliphatic rings. The molecular formula is C17H24N2OS. The highest BCUT2D eigenvalue weighted by Gasteiger charge is 2.19. The van der Waals surface area contributed by atoms with E-state index in [0.717, 1.165) is 11.6 Å². The lowest BCUT2D eigenvalue weighted by Crippen LogP contribution is -2.26. The van der Waals surface area contributed by atoms with Crippen molar-refractivity contribution in [3.8, 4) is 0 Å². The van der Waals surface area contributed by atoms with Crippen molar-refractivity contribution in [3.63, 3.8) is 0 Å². The number of aryl methyl sites for hydroxylation is 1. The van der Waals surface area contributed by atoms with Gasteiger partial charge in [0.1, 0.15) is 5.01 Å². The maximum atomic E-state index is 5.16. The van der Waals surface area contributed by atoms with E-state index in [2.05, 4.69) is 55.7 Å². The van der Waals surface area contributed by atoms with E-state index in [9.17, 15) is 0 Å². The molecule has 1 atom stereocenters. The van der Waals surface area contributed by atoms with Gasteiger partial charge >= 0.3 is 0 Å². The number of rotatable bonds is 7. The number of hydrogen-bond donors (Lipinski definition) is 1. The normalized spacial score (nSPS) is 12.8. The lowest BCUT2D eigenvalue weighted by molar-refractivity contribution is 0.197. The van der Waals surface area contributed by atoms with Gasteiger partial charge in [-0.3, -0.25) is 0 Å². The third-order valence-electron chi connectivity index (χ3n) is 3.53. The first-order valence-electron chi connectivity index (χ1n) is 7.36. The minimum absolute atomic E-state index is 0.138. The van der Waals surface area contributed by atoms with Crippen LogP contribution < -0.4 is 5.32 Å². The number of hydrogen-bond acceptors (Lipinski definition) is 4. The summed E-state index contributed by atoms with van der Waals surface area (Å²) in [5.74, 6) is 0.464. The summed E-state index contributed by atoms with van der Waals surface area (Å²) in [4.78, 5) is 4.82. The maximum Gasteiger partial charge on any atom is 0.114 e. The van der Waals surface area contributed by atoms with Gasteiger partial charge in [-0.15, -0.1) is 11.3 Å². The molecule has 1 aromatic heterocycles. The molecule has 4 heteroatoms. The lowest BCUT2D eigenvalue weighted by atomic mass is 10.0. The molecule has 0 saturated carbocycles. The Morgan fingerprint density at radius 2 is 2.05 bits per heavy atom. The molecule has 1 heterocycles. The smallest absolute Gasteiger partial charge is 0.114 e. The van der Waals surface area contributed by atoms with Crippen molar-refractivity contribution in [2.75, 3.05) is 20.3 Å². The Hall–Kier alpha value is -1.23. The zero-order valence-electron chi connectivity index (χ0n) is 13.2. The van der Waals surface area contributed by atoms with Crippen LogP contribution in [-0.2, 0) is 4.74 Å². The summed E-state index contributed by atoms with van der Waals surface area (Å²) in [6.45, 7) is 8.02. The Bertz CT molecular complexity index is 565. The molecule has 0 saturated heterocycles. The van der Waals surface area contributed by atoms with Gasteiger partial charge in [0.2, 0.25) is 0 Å². The van der Waals surface area contributed by atoms with E-state index < -0.39 is 0 Å². The van der Waals surface area contributed by atoms with Crippen molar-refractivity contribution in [1.82, 2.24) is 10.3 Å². The van der Waals surface area contributed by atoms with E-state index >= 15 is 0 Å². The van der Waals surface area contributed by atoms with Crippen molar-refractivity contribution < 1.29 is 4.74 Å². The van der Waals surface area contributed by atoms with E-state index in [0.29, 0.717) is 12.5 Å². The summed E-state index contributed by atoms with van der Waals surface area (Å²) >= 11 is 1.73. The van der Waals surface area contributed by atoms with Crippen LogP contribution in [0.5, 0.6) is 0 Å². The minimum atomic E-state index is 0.138. The lowest BCUT2D eigenvalue weighted by Gasteiger charge is -2.19. The zero-order valence-corrected chi connectivity index (χ0v) is 14.0. The second kappa shape index (κ2) is 7.69. The van der Waals surface area contributed by atoms with Gasteiger partial charge in [0.05, 0.1) is 18.3 Å². The van der Waals surface area contributed by atoms with Crippen molar-refractivity contribution in [2.24, 2.45) is 0 Å². The van der Waals surface area contributed by atoms with Crippen LogP contribution in [0.4, 0.5) is 0 Å². The van der Waals surface area contributed by atoms with Crippen LogP contribution in [0.3, 0.4) is 0 Å². The van der Waals surface area contributed by atoms with Crippen LogP contribution in [0.25, 0.3) is 0 Å². The summed E-state index contributed by atoms with van der Waals surface area (Å²) in [6, 6.07) is 8.63. The molecule has 2 rings (SSSR count). The largest absolute Gasteiger partial charge is 0.383 e. The van der Waals surface area contributed by atoms with Gasteiger partial charge in [0.25, 0.3) is 0 Å². The van der Waals surface area contributed by atoms with Gasteiger partial charge < -0.3 is 10.1 Å². The molecule has 0 aliphatic heterocycles. The topological polar surface area (TPSA) is 34.1 Å². The van der Waals surface area contributed by atoms with E-state index in [-0.39, 0.29) is 6.04 Å². The fourth-order valence-electron chi connectivity index (χ4n) is 2.24. The maximum absolute atomic E-state index is 5.16. The third kappa shape index (κ3) is 4.13. The number of nitrogens with zero attached hydrogens (tertiary/aromatic N) is 1. The predicted octanol–water partition coefficient (Wildman–Crippen LogP) is 3.90. The molecule has 0 aliphatic carbocycles. The van der Waals surface area contributed by atoms with Crippen molar-refractivity contribution >= 4 is 11.3 Å². The fourth-order valence-corrected chi connectivity index (χ4v) is 3.32. The third-order valence-corrected chi connectivity index (χ3v) is 4.46. The van der Waals surface area contributed by atoms with Crippen LogP contribution in [0.2, 0.25) is 0 Å². The highest BCUT2D eigenvalue weighted by molar-refractivity contribution is 7.09. The number of benzene rings is 1. The van der Waals surface area contributed by atoms with E-state index in [4.69, 9.17) is 9.72 Å². The molecule has 1 N–H and O–H groups in total. The SMILES string of the molecule is COCCNC(c1nc(C(C)C)cs1)c1ccccc1C. The molecule has 1 unspecified atom stereocenters. The predicted molar refractivity (Wildman–Crippen MR) is 89.1 cm³/mol. The Morgan fingerprint density at radius 3 is 2.67 bits per heavy atom. The molecule has 0 radical (unpaired) electrons. The van der Waals surface area contributed by atoms with Gasteiger partial charge in [0, 0.05) is 19.0 Å². The number of nitrogens with one attached hydrogen (secondary N) is 1. The number of aromatic nitrogens is 1. The van der Waals surface area contributed by atoms with Gasteiger partial charge in [-0.25, -0.2) is 4.98 Å². The van der Waals surface area contributed by atoms with Gasteiger partial charge in [-0.1, -0.05) is 38.1 Å². The quantitative estimate of drug-likeness (QED) is 0.788. The van der Waals surface area contributed by atoms with Crippen LogP contribution in [0.1, 0.15) is 47.6 Å². The monoisotopic (exact) mass is 304 g/mol. The van der Waals surface area contributed by atoms with Crippen molar-refractivity contribution in [3.05, 3.63) is 51.5 Å². The number of methoxy groups -OCH3 is 1. The second-order valence-corrected chi connectivity index (χ2v) is 6.39. The minimum Gasteiger partial charge on any atom is -0.383 e. The van der Waals surface area contributed by atoms with E-state index in [1.165, 1.54) is 16.8 Å². The summed E-state index contributed by atoms with van der Waals surface area (Å²) in [5.41, 5.74) is 3.74. The van der Waals surface area contributed by atoms with Crippen LogP contribution in [0, 0.1) is 6.92 Å². The van der Waals surface area contributed by atoms with Crippen LogP contribution in [0.15, 0.2) is 29.6 Å². The fraction of sp³-hybridized carbons (Fsp3) is 0.471. The highest BCUT2D eigenvalue weighted by atomic mass is 32.1. The summed E-state index contributed by atoms with van der Waals surface area (Å²) in [7, 11) is 1.73. The standard InChI is InChI=1S/C17H24N2OS/c1-12(2)15-11-21-17(19-15)16(18-9-10-20-4)14-8-6-5-7-13(14)3/h5-8,11-12,16,18H,9-10H2,1-4H3. The first-order chi connectivity index (χ1) is 10.1. The molecular weight excluding hydrogens is 280 g/mol. The van der Waals surface area contributed by atoms with Gasteiger partial charge in [-0.05, 0) is 24.0 Å². The molecule has 0 fully saturated rings. The summed E-state index contributed by atoms with van der Waals surface area (Å²) < 4.78 is 5.16. The molecule has 0 bridgehead atoms. The zero-order chi connectivity index (χ0) is 15.2. The van der Waals surface area contributed by atoms with Gasteiger partial charge in [-0.2, -0.15) is 0 Å².